The molecular formula is C14H14BrF4NO. The van der Waals surface area contributed by atoms with Crippen molar-refractivity contribution in [2.45, 2.75) is 30.3 Å². The summed E-state index contributed by atoms with van der Waals surface area (Å²) in [7, 11) is 0. The molecule has 0 heterocycles. The Labute approximate surface area is 128 Å². The molecule has 2 atom stereocenters. The molecule has 0 aliphatic heterocycles. The normalized spacial score (nSPS) is 22.3. The van der Waals surface area contributed by atoms with E-state index in [0.717, 1.165) is 25.3 Å². The molecule has 1 aliphatic rings. The molecular weight excluding hydrogens is 354 g/mol. The first-order valence-electron chi connectivity index (χ1n) is 6.58. The standard InChI is InChI=1S/C14H14BrF4NO/c15-11-3-1-2-9(11)7-20-13(21)8-4-5-12(16)10(6-8)14(17,18)19/h4-6,9,11H,1-3,7H2,(H,20,21). The van der Waals surface area contributed by atoms with Crippen molar-refractivity contribution in [1.82, 2.24) is 5.32 Å². The predicted octanol–water partition coefficient (Wildman–Crippen LogP) is 4.14. The van der Waals surface area contributed by atoms with Crippen LogP contribution in [-0.2, 0) is 6.18 Å². The number of carbonyl (C=O) groups is 1. The molecule has 0 radical (unpaired) electrons. The van der Waals surface area contributed by atoms with E-state index in [1.54, 1.807) is 0 Å². The van der Waals surface area contributed by atoms with Gasteiger partial charge in [-0.3, -0.25) is 4.79 Å². The lowest BCUT2D eigenvalue weighted by molar-refractivity contribution is -0.140. The van der Waals surface area contributed by atoms with Gasteiger partial charge in [-0.25, -0.2) is 4.39 Å². The van der Waals surface area contributed by atoms with Crippen molar-refractivity contribution in [3.63, 3.8) is 0 Å². The first-order chi connectivity index (χ1) is 9.79. The summed E-state index contributed by atoms with van der Waals surface area (Å²) in [5.41, 5.74) is -1.61. The fraction of sp³-hybridized carbons (Fsp3) is 0.500. The Morgan fingerprint density at radius 2 is 2.05 bits per heavy atom. The summed E-state index contributed by atoms with van der Waals surface area (Å²) >= 11 is 3.51. The van der Waals surface area contributed by atoms with Gasteiger partial charge in [-0.05, 0) is 37.0 Å². The molecule has 2 nitrogen and oxygen atoms in total. The van der Waals surface area contributed by atoms with Gasteiger partial charge in [0.25, 0.3) is 5.91 Å². The monoisotopic (exact) mass is 367 g/mol. The fourth-order valence-electron chi connectivity index (χ4n) is 2.43. The van der Waals surface area contributed by atoms with Crippen LogP contribution in [0.2, 0.25) is 0 Å². The number of hydrogen-bond acceptors (Lipinski definition) is 1. The van der Waals surface area contributed by atoms with Crippen molar-refractivity contribution in [1.29, 1.82) is 0 Å². The van der Waals surface area contributed by atoms with Crippen molar-refractivity contribution in [3.8, 4) is 0 Å². The van der Waals surface area contributed by atoms with Gasteiger partial charge >= 0.3 is 6.18 Å². The zero-order valence-corrected chi connectivity index (χ0v) is 12.6. The number of nitrogens with one attached hydrogen (secondary N) is 1. The van der Waals surface area contributed by atoms with E-state index in [2.05, 4.69) is 21.2 Å². The largest absolute Gasteiger partial charge is 0.419 e. The average molecular weight is 368 g/mol. The van der Waals surface area contributed by atoms with E-state index in [0.29, 0.717) is 23.5 Å². The smallest absolute Gasteiger partial charge is 0.352 e. The van der Waals surface area contributed by atoms with Crippen molar-refractivity contribution in [2.75, 3.05) is 6.54 Å². The molecule has 0 saturated heterocycles. The SMILES string of the molecule is O=C(NCC1CCCC1Br)c1ccc(F)c(C(F)(F)F)c1. The van der Waals surface area contributed by atoms with Gasteiger partial charge < -0.3 is 5.32 Å². The second-order valence-electron chi connectivity index (χ2n) is 5.11. The quantitative estimate of drug-likeness (QED) is 0.631. The van der Waals surface area contributed by atoms with E-state index in [1.807, 2.05) is 0 Å². The molecule has 0 aromatic heterocycles. The van der Waals surface area contributed by atoms with Gasteiger partial charge in [0.1, 0.15) is 5.82 Å². The van der Waals surface area contributed by atoms with Gasteiger partial charge in [0.15, 0.2) is 0 Å². The van der Waals surface area contributed by atoms with Gasteiger partial charge in [0.2, 0.25) is 0 Å². The second-order valence-corrected chi connectivity index (χ2v) is 6.29. The number of amides is 1. The maximum Gasteiger partial charge on any atom is 0.419 e. The molecule has 1 aromatic rings. The third-order valence-corrected chi connectivity index (χ3v) is 4.83. The number of alkyl halides is 4. The Morgan fingerprint density at radius 3 is 2.62 bits per heavy atom. The van der Waals surface area contributed by atoms with E-state index < -0.39 is 23.5 Å². The van der Waals surface area contributed by atoms with Crippen molar-refractivity contribution in [2.24, 2.45) is 5.92 Å². The van der Waals surface area contributed by atoms with Crippen LogP contribution in [0.4, 0.5) is 17.6 Å². The molecule has 7 heteroatoms. The van der Waals surface area contributed by atoms with Gasteiger partial charge in [-0.15, -0.1) is 0 Å². The topological polar surface area (TPSA) is 29.1 Å². The van der Waals surface area contributed by atoms with E-state index in [4.69, 9.17) is 0 Å². The zero-order valence-electron chi connectivity index (χ0n) is 11.0. The molecule has 1 aliphatic carbocycles. The van der Waals surface area contributed by atoms with Crippen LogP contribution in [0.15, 0.2) is 18.2 Å². The number of carbonyl (C=O) groups excluding carboxylic acids is 1. The Hall–Kier alpha value is -1.11. The minimum absolute atomic E-state index is 0.187. The number of hydrogen-bond donors (Lipinski definition) is 1. The summed E-state index contributed by atoms with van der Waals surface area (Å²) in [5.74, 6) is -1.72. The van der Waals surface area contributed by atoms with Crippen molar-refractivity contribution >= 4 is 21.8 Å². The van der Waals surface area contributed by atoms with Crippen molar-refractivity contribution in [3.05, 3.63) is 35.1 Å². The Kier molecular flexibility index (Phi) is 4.91. The van der Waals surface area contributed by atoms with Gasteiger partial charge in [0.05, 0.1) is 5.56 Å². The van der Waals surface area contributed by atoms with Crippen LogP contribution in [0.5, 0.6) is 0 Å². The molecule has 1 amide bonds. The minimum atomic E-state index is -4.81. The van der Waals surface area contributed by atoms with Gasteiger partial charge in [0, 0.05) is 16.9 Å². The van der Waals surface area contributed by atoms with Crippen molar-refractivity contribution < 1.29 is 22.4 Å². The molecule has 21 heavy (non-hydrogen) atoms. The molecule has 1 saturated carbocycles. The number of rotatable bonds is 3. The summed E-state index contributed by atoms with van der Waals surface area (Å²) in [6.07, 6.45) is -1.76. The molecule has 0 bridgehead atoms. The molecule has 116 valence electrons. The lowest BCUT2D eigenvalue weighted by Gasteiger charge is -2.15. The summed E-state index contributed by atoms with van der Waals surface area (Å²) in [6.45, 7) is 0.396. The zero-order chi connectivity index (χ0) is 15.6. The molecule has 1 aromatic carbocycles. The third-order valence-electron chi connectivity index (χ3n) is 3.63. The number of benzene rings is 1. The molecule has 2 rings (SSSR count). The lowest BCUT2D eigenvalue weighted by atomic mass is 10.1. The first-order valence-corrected chi connectivity index (χ1v) is 7.49. The van der Waals surface area contributed by atoms with Crippen LogP contribution in [0.3, 0.4) is 0 Å². The minimum Gasteiger partial charge on any atom is -0.352 e. The second kappa shape index (κ2) is 6.34. The Morgan fingerprint density at radius 1 is 1.33 bits per heavy atom. The number of halogens is 5. The highest BCUT2D eigenvalue weighted by Crippen LogP contribution is 2.32. The van der Waals surface area contributed by atoms with Crippen LogP contribution < -0.4 is 5.32 Å². The average Bonchev–Trinajstić information content (AvgIpc) is 2.80. The van der Waals surface area contributed by atoms with E-state index >= 15 is 0 Å². The van der Waals surface area contributed by atoms with E-state index in [9.17, 15) is 22.4 Å². The summed E-state index contributed by atoms with van der Waals surface area (Å²) < 4.78 is 50.9. The fourth-order valence-corrected chi connectivity index (χ4v) is 3.21. The highest BCUT2D eigenvalue weighted by molar-refractivity contribution is 9.09. The van der Waals surface area contributed by atoms with Crippen LogP contribution in [0.1, 0.15) is 35.2 Å². The highest BCUT2D eigenvalue weighted by atomic mass is 79.9. The third kappa shape index (κ3) is 3.96. The lowest BCUT2D eigenvalue weighted by Crippen LogP contribution is -2.31. The van der Waals surface area contributed by atoms with Crippen LogP contribution in [0.25, 0.3) is 0 Å². The van der Waals surface area contributed by atoms with Gasteiger partial charge in [-0.1, -0.05) is 22.4 Å². The molecule has 1 fully saturated rings. The first kappa shape index (κ1) is 16.3. The van der Waals surface area contributed by atoms with Crippen LogP contribution in [0, 0.1) is 11.7 Å². The molecule has 0 spiro atoms. The van der Waals surface area contributed by atoms with Crippen LogP contribution in [-0.4, -0.2) is 17.3 Å². The summed E-state index contributed by atoms with van der Waals surface area (Å²) in [4.78, 5) is 12.2. The summed E-state index contributed by atoms with van der Waals surface area (Å²) in [5, 5.41) is 2.61. The van der Waals surface area contributed by atoms with Gasteiger partial charge in [-0.2, -0.15) is 13.2 Å². The van der Waals surface area contributed by atoms with E-state index in [-0.39, 0.29) is 11.5 Å². The molecule has 1 N–H and O–H groups in total. The highest BCUT2D eigenvalue weighted by Gasteiger charge is 2.34. The maximum atomic E-state index is 13.2. The van der Waals surface area contributed by atoms with Crippen LogP contribution >= 0.6 is 15.9 Å². The molecule has 2 unspecified atom stereocenters. The maximum absolute atomic E-state index is 13.2. The predicted molar refractivity (Wildman–Crippen MR) is 73.8 cm³/mol. The Bertz CT molecular complexity index is 532. The van der Waals surface area contributed by atoms with E-state index in [1.165, 1.54) is 0 Å². The summed E-state index contributed by atoms with van der Waals surface area (Å²) in [6, 6.07) is 2.27. The Balaban J connectivity index is 2.06.